The van der Waals surface area contributed by atoms with E-state index in [0.717, 1.165) is 137 Å². The quantitative estimate of drug-likeness (QED) is 0.0703. The molecule has 9 rings (SSSR count). The van der Waals surface area contributed by atoms with Crippen molar-refractivity contribution in [2.45, 2.75) is 95.2 Å². The first-order valence-electron chi connectivity index (χ1n) is 24.2. The second kappa shape index (κ2) is 21.4. The van der Waals surface area contributed by atoms with Crippen molar-refractivity contribution >= 4 is 78.5 Å². The highest BCUT2D eigenvalue weighted by molar-refractivity contribution is 6.18. The highest BCUT2D eigenvalue weighted by Crippen LogP contribution is 2.34. The number of hydrogen-bond donors (Lipinski definition) is 4. The normalized spacial score (nSPS) is 11.0. The zero-order valence-electron chi connectivity index (χ0n) is 42.8. The SMILES string of the molecule is CC(=O)O.CC(=O)O.CCn1c2ccc(C(=N)Cc3ccc(CC(=N)c4ccc5c(c4)c4cc(C(=O)c6c(C)cc(C)cc6C)ccc4n5CC)cc3)cc2c2cc(C(=O)c3c(C)cc(C)cc3C)ccc21. The number of nitrogens with one attached hydrogen (secondary N) is 2. The van der Waals surface area contributed by atoms with Crippen LogP contribution in [0.2, 0.25) is 0 Å². The number of carboxylic acids is 2. The maximum atomic E-state index is 13.9. The van der Waals surface area contributed by atoms with E-state index in [2.05, 4.69) is 122 Å². The Labute approximate surface area is 420 Å². The Morgan fingerprint density at radius 2 is 0.667 bits per heavy atom. The van der Waals surface area contributed by atoms with Crippen LogP contribution in [0.1, 0.15) is 115 Å². The van der Waals surface area contributed by atoms with Gasteiger partial charge in [0.25, 0.3) is 11.9 Å². The second-order valence-electron chi connectivity index (χ2n) is 18.8. The number of carboxylic acid groups (broad SMARTS) is 2. The Balaban J connectivity index is 0.000000886. The summed E-state index contributed by atoms with van der Waals surface area (Å²) in [6, 6.07) is 41.2. The van der Waals surface area contributed by atoms with E-state index in [9.17, 15) is 20.4 Å². The molecule has 0 aliphatic rings. The average molecular weight is 959 g/mol. The third-order valence-electron chi connectivity index (χ3n) is 13.2. The van der Waals surface area contributed by atoms with Gasteiger partial charge in [-0.05, 0) is 161 Å². The molecule has 0 aliphatic carbocycles. The summed E-state index contributed by atoms with van der Waals surface area (Å²) in [5.41, 5.74) is 18.3. The maximum Gasteiger partial charge on any atom is 0.300 e. The summed E-state index contributed by atoms with van der Waals surface area (Å²) in [7, 11) is 0. The summed E-state index contributed by atoms with van der Waals surface area (Å²) in [5, 5.41) is 37.3. The lowest BCUT2D eigenvalue weighted by Crippen LogP contribution is -2.07. The van der Waals surface area contributed by atoms with Crippen molar-refractivity contribution in [3.8, 4) is 0 Å². The Morgan fingerprint density at radius 1 is 0.417 bits per heavy atom. The number of benzene rings is 7. The lowest BCUT2D eigenvalue weighted by atomic mass is 9.92. The van der Waals surface area contributed by atoms with Gasteiger partial charge in [-0.25, -0.2) is 0 Å². The summed E-state index contributed by atoms with van der Waals surface area (Å²) >= 11 is 0. The number of carbonyl (C=O) groups excluding carboxylic acids is 2. The number of rotatable bonds is 12. The minimum absolute atomic E-state index is 0.0327. The Kier molecular flexibility index (Phi) is 15.3. The molecule has 0 fully saturated rings. The lowest BCUT2D eigenvalue weighted by molar-refractivity contribution is -0.135. The number of hydrogen-bond acceptors (Lipinski definition) is 6. The first kappa shape index (κ1) is 51.6. The highest BCUT2D eigenvalue weighted by atomic mass is 16.4. The zero-order chi connectivity index (χ0) is 52.3. The van der Waals surface area contributed by atoms with Crippen LogP contribution in [0, 0.1) is 52.4 Å². The van der Waals surface area contributed by atoms with Crippen LogP contribution in [0.15, 0.2) is 121 Å². The molecule has 72 heavy (non-hydrogen) atoms. The lowest BCUT2D eigenvalue weighted by Gasteiger charge is -2.11. The topological polar surface area (TPSA) is 166 Å². The van der Waals surface area contributed by atoms with Crippen molar-refractivity contribution in [1.29, 1.82) is 10.8 Å². The van der Waals surface area contributed by atoms with Crippen molar-refractivity contribution < 1.29 is 29.4 Å². The summed E-state index contributed by atoms with van der Waals surface area (Å²) in [6.45, 7) is 20.2. The van der Waals surface area contributed by atoms with Crippen LogP contribution in [0.25, 0.3) is 43.6 Å². The first-order chi connectivity index (χ1) is 34.2. The van der Waals surface area contributed by atoms with E-state index >= 15 is 0 Å². The van der Waals surface area contributed by atoms with Gasteiger partial charge < -0.3 is 30.2 Å². The molecule has 0 unspecified atom stereocenters. The number of fused-ring (bicyclic) bond motifs is 6. The summed E-state index contributed by atoms with van der Waals surface area (Å²) < 4.78 is 4.55. The average Bonchev–Trinajstić information content (AvgIpc) is 3.81. The Bertz CT molecular complexity index is 3370. The molecular formula is C62H62N4O6. The third-order valence-corrected chi connectivity index (χ3v) is 13.2. The Hall–Kier alpha value is -8.24. The smallest absolute Gasteiger partial charge is 0.300 e. The van der Waals surface area contributed by atoms with Gasteiger partial charge in [0.2, 0.25) is 0 Å². The van der Waals surface area contributed by atoms with E-state index < -0.39 is 11.9 Å². The molecule has 10 heteroatoms. The molecule has 0 saturated carbocycles. The molecule has 0 radical (unpaired) electrons. The fourth-order valence-corrected chi connectivity index (χ4v) is 10.3. The molecule has 0 atom stereocenters. The van der Waals surface area contributed by atoms with Gasteiger partial charge in [0.15, 0.2) is 11.6 Å². The van der Waals surface area contributed by atoms with Gasteiger partial charge in [0, 0.05) is 117 Å². The predicted molar refractivity (Wildman–Crippen MR) is 293 cm³/mol. The molecule has 9 aromatic rings. The largest absolute Gasteiger partial charge is 0.481 e. The molecule has 2 heterocycles. The molecule has 2 aromatic heterocycles. The molecule has 0 aliphatic heterocycles. The molecule has 4 N–H and O–H groups in total. The van der Waals surface area contributed by atoms with Gasteiger partial charge in [-0.15, -0.1) is 0 Å². The van der Waals surface area contributed by atoms with Crippen LogP contribution in [0.5, 0.6) is 0 Å². The molecule has 0 saturated heterocycles. The van der Waals surface area contributed by atoms with Gasteiger partial charge in [-0.2, -0.15) is 0 Å². The minimum atomic E-state index is -0.833. The van der Waals surface area contributed by atoms with Crippen molar-refractivity contribution in [1.82, 2.24) is 9.13 Å². The molecular weight excluding hydrogens is 897 g/mol. The monoisotopic (exact) mass is 958 g/mol. The molecule has 0 spiro atoms. The number of aryl methyl sites for hydroxylation is 8. The molecule has 366 valence electrons. The first-order valence-corrected chi connectivity index (χ1v) is 24.2. The van der Waals surface area contributed by atoms with Crippen molar-refractivity contribution in [2.24, 2.45) is 0 Å². The number of ketones is 2. The van der Waals surface area contributed by atoms with Crippen LogP contribution in [0.3, 0.4) is 0 Å². The number of nitrogens with zero attached hydrogens (tertiary/aromatic N) is 2. The number of aliphatic carboxylic acids is 2. The van der Waals surface area contributed by atoms with E-state index in [1.54, 1.807) is 0 Å². The fourth-order valence-electron chi connectivity index (χ4n) is 10.3. The predicted octanol–water partition coefficient (Wildman–Crippen LogP) is 13.7. The minimum Gasteiger partial charge on any atom is -0.481 e. The Morgan fingerprint density at radius 3 is 0.931 bits per heavy atom. The van der Waals surface area contributed by atoms with Gasteiger partial charge in [-0.1, -0.05) is 71.8 Å². The summed E-state index contributed by atoms with van der Waals surface area (Å²) in [6.07, 6.45) is 0.939. The number of carbonyl (C=O) groups is 4. The van der Waals surface area contributed by atoms with E-state index in [1.165, 1.54) is 0 Å². The van der Waals surface area contributed by atoms with E-state index in [-0.39, 0.29) is 11.6 Å². The van der Waals surface area contributed by atoms with Gasteiger partial charge in [0.05, 0.1) is 0 Å². The maximum absolute atomic E-state index is 13.9. The van der Waals surface area contributed by atoms with E-state index in [4.69, 9.17) is 19.8 Å². The van der Waals surface area contributed by atoms with Crippen LogP contribution < -0.4 is 0 Å². The molecule has 0 bridgehead atoms. The van der Waals surface area contributed by atoms with Crippen molar-refractivity contribution in [3.05, 3.63) is 199 Å². The summed E-state index contributed by atoms with van der Waals surface area (Å²) in [5.74, 6) is -1.60. The van der Waals surface area contributed by atoms with Crippen LogP contribution in [0.4, 0.5) is 0 Å². The second-order valence-corrected chi connectivity index (χ2v) is 18.8. The fraction of sp³-hybridized carbons (Fsp3) is 0.226. The molecule has 10 nitrogen and oxygen atoms in total. The molecule has 0 amide bonds. The van der Waals surface area contributed by atoms with E-state index in [0.29, 0.717) is 35.4 Å². The van der Waals surface area contributed by atoms with Gasteiger partial charge >= 0.3 is 0 Å². The van der Waals surface area contributed by atoms with Crippen LogP contribution >= 0.6 is 0 Å². The number of aromatic nitrogens is 2. The highest BCUT2D eigenvalue weighted by Gasteiger charge is 2.21. The van der Waals surface area contributed by atoms with Gasteiger partial charge in [0.1, 0.15) is 0 Å². The standard InChI is InChI=1S/C58H54N4O2.2C2H4O2/c1-9-61-51-19-15-41(29-45(51)47-31-43(17-21-53(47)61)57(63)55-35(5)23-33(3)24-36(55)6)49(59)27-39-11-13-40(14-12-39)28-50(60)42-16-20-52-46(30-42)48-32-44(18-22-54(48)62(52)10-2)58(64)56-37(7)25-34(4)26-38(56)8;2*1-2(3)4/h11-26,29-32,59-60H,9-10,27-28H2,1-8H3;2*1H3,(H,3,4). The van der Waals surface area contributed by atoms with Crippen LogP contribution in [-0.4, -0.2) is 54.3 Å². The van der Waals surface area contributed by atoms with Gasteiger partial charge in [-0.3, -0.25) is 19.2 Å². The van der Waals surface area contributed by atoms with Crippen LogP contribution in [-0.2, 0) is 35.5 Å². The molecule has 7 aromatic carbocycles. The summed E-state index contributed by atoms with van der Waals surface area (Å²) in [4.78, 5) is 45.8. The van der Waals surface area contributed by atoms with E-state index in [1.807, 2.05) is 64.1 Å². The van der Waals surface area contributed by atoms with Crippen molar-refractivity contribution in [2.75, 3.05) is 0 Å². The van der Waals surface area contributed by atoms with Crippen molar-refractivity contribution in [3.63, 3.8) is 0 Å². The third kappa shape index (κ3) is 10.7. The zero-order valence-corrected chi connectivity index (χ0v) is 42.8.